The number of rotatable bonds is 4. The molecule has 0 aliphatic carbocycles. The topological polar surface area (TPSA) is 53.2 Å². The second kappa shape index (κ2) is 6.65. The van der Waals surface area contributed by atoms with Gasteiger partial charge in [0.2, 0.25) is 0 Å². The highest BCUT2D eigenvalue weighted by Gasteiger charge is 2.02. The van der Waals surface area contributed by atoms with E-state index in [4.69, 9.17) is 12.2 Å². The zero-order chi connectivity index (χ0) is 12.7. The number of thiocarbonyl (C=S) groups is 1. The number of anilines is 1. The predicted octanol–water partition coefficient (Wildman–Crippen LogP) is 1.52. The van der Waals surface area contributed by atoms with E-state index in [0.717, 1.165) is 5.69 Å². The minimum atomic E-state index is -0.107. The Bertz CT molecular complexity index is 414. The molecule has 17 heavy (non-hydrogen) atoms. The molecule has 0 heterocycles. The Balaban J connectivity index is 2.59. The highest BCUT2D eigenvalue weighted by molar-refractivity contribution is 7.80. The third-order valence-electron chi connectivity index (χ3n) is 2.04. The van der Waals surface area contributed by atoms with Gasteiger partial charge in [-0.2, -0.15) is 0 Å². The molecule has 0 saturated heterocycles. The average Bonchev–Trinajstić information content (AvgIpc) is 2.36. The molecular formula is C12H15N3OS. The zero-order valence-corrected chi connectivity index (χ0v) is 10.4. The van der Waals surface area contributed by atoms with Gasteiger partial charge in [0.1, 0.15) is 0 Å². The fourth-order valence-corrected chi connectivity index (χ4v) is 1.39. The van der Waals surface area contributed by atoms with Crippen LogP contribution in [0.3, 0.4) is 0 Å². The van der Waals surface area contributed by atoms with E-state index in [2.05, 4.69) is 22.5 Å². The Morgan fingerprint density at radius 2 is 2.06 bits per heavy atom. The van der Waals surface area contributed by atoms with Crippen molar-refractivity contribution in [3.05, 3.63) is 42.5 Å². The lowest BCUT2D eigenvalue weighted by Crippen LogP contribution is -2.28. The molecule has 1 aromatic carbocycles. The highest BCUT2D eigenvalue weighted by atomic mass is 32.1. The largest absolute Gasteiger partial charge is 0.359 e. The quantitative estimate of drug-likeness (QED) is 0.559. The first kappa shape index (κ1) is 13.2. The van der Waals surface area contributed by atoms with Crippen LogP contribution in [0.1, 0.15) is 10.4 Å². The Morgan fingerprint density at radius 3 is 2.59 bits per heavy atom. The third-order valence-corrected chi connectivity index (χ3v) is 2.29. The SMILES string of the molecule is C=CCNC(=S)Nc1ccc(C(=O)NC)cc1. The van der Waals surface area contributed by atoms with E-state index in [1.54, 1.807) is 37.4 Å². The fraction of sp³-hybridized carbons (Fsp3) is 0.167. The van der Waals surface area contributed by atoms with Crippen molar-refractivity contribution in [2.75, 3.05) is 18.9 Å². The molecule has 0 aromatic heterocycles. The van der Waals surface area contributed by atoms with E-state index in [0.29, 0.717) is 17.2 Å². The van der Waals surface area contributed by atoms with E-state index < -0.39 is 0 Å². The summed E-state index contributed by atoms with van der Waals surface area (Å²) in [5.74, 6) is -0.107. The summed E-state index contributed by atoms with van der Waals surface area (Å²) in [5.41, 5.74) is 1.45. The van der Waals surface area contributed by atoms with E-state index in [1.165, 1.54) is 0 Å². The van der Waals surface area contributed by atoms with E-state index in [-0.39, 0.29) is 5.91 Å². The van der Waals surface area contributed by atoms with Crippen LogP contribution in [-0.4, -0.2) is 24.6 Å². The molecular weight excluding hydrogens is 234 g/mol. The molecule has 0 bridgehead atoms. The Morgan fingerprint density at radius 1 is 1.41 bits per heavy atom. The summed E-state index contributed by atoms with van der Waals surface area (Å²) in [4.78, 5) is 11.3. The van der Waals surface area contributed by atoms with Crippen LogP contribution >= 0.6 is 12.2 Å². The Kier molecular flexibility index (Phi) is 5.16. The molecule has 4 nitrogen and oxygen atoms in total. The van der Waals surface area contributed by atoms with Crippen molar-refractivity contribution < 1.29 is 4.79 Å². The molecule has 1 amide bonds. The van der Waals surface area contributed by atoms with Crippen LogP contribution in [-0.2, 0) is 0 Å². The molecule has 0 atom stereocenters. The molecule has 5 heteroatoms. The van der Waals surface area contributed by atoms with Crippen LogP contribution < -0.4 is 16.0 Å². The number of amides is 1. The minimum Gasteiger partial charge on any atom is -0.359 e. The van der Waals surface area contributed by atoms with Crippen molar-refractivity contribution in [3.63, 3.8) is 0 Å². The second-order valence-corrected chi connectivity index (χ2v) is 3.69. The smallest absolute Gasteiger partial charge is 0.251 e. The monoisotopic (exact) mass is 249 g/mol. The van der Waals surface area contributed by atoms with Gasteiger partial charge >= 0.3 is 0 Å². The standard InChI is InChI=1S/C12H15N3OS/c1-3-8-14-12(17)15-10-6-4-9(5-7-10)11(16)13-2/h3-7H,1,8H2,2H3,(H,13,16)(H2,14,15,17). The lowest BCUT2D eigenvalue weighted by molar-refractivity contribution is 0.0963. The van der Waals surface area contributed by atoms with Crippen LogP contribution in [0, 0.1) is 0 Å². The lowest BCUT2D eigenvalue weighted by atomic mass is 10.2. The fourth-order valence-electron chi connectivity index (χ4n) is 1.19. The van der Waals surface area contributed by atoms with Crippen molar-refractivity contribution >= 4 is 28.9 Å². The van der Waals surface area contributed by atoms with Crippen molar-refractivity contribution in [2.45, 2.75) is 0 Å². The summed E-state index contributed by atoms with van der Waals surface area (Å²) in [6.45, 7) is 4.20. The van der Waals surface area contributed by atoms with Crippen molar-refractivity contribution in [1.29, 1.82) is 0 Å². The van der Waals surface area contributed by atoms with Crippen molar-refractivity contribution in [1.82, 2.24) is 10.6 Å². The molecule has 0 aliphatic rings. The van der Waals surface area contributed by atoms with Gasteiger partial charge in [-0.1, -0.05) is 6.08 Å². The van der Waals surface area contributed by atoms with Gasteiger partial charge in [-0.25, -0.2) is 0 Å². The predicted molar refractivity (Wildman–Crippen MR) is 74.3 cm³/mol. The first-order valence-electron chi connectivity index (χ1n) is 5.15. The maximum Gasteiger partial charge on any atom is 0.251 e. The maximum atomic E-state index is 11.3. The van der Waals surface area contributed by atoms with Gasteiger partial charge in [-0.3, -0.25) is 4.79 Å². The minimum absolute atomic E-state index is 0.107. The van der Waals surface area contributed by atoms with Crippen molar-refractivity contribution in [3.8, 4) is 0 Å². The van der Waals surface area contributed by atoms with Crippen LogP contribution in [0.25, 0.3) is 0 Å². The van der Waals surface area contributed by atoms with Crippen LogP contribution in [0.4, 0.5) is 5.69 Å². The van der Waals surface area contributed by atoms with Crippen LogP contribution in [0.15, 0.2) is 36.9 Å². The molecule has 0 spiro atoms. The molecule has 1 aromatic rings. The first-order valence-corrected chi connectivity index (χ1v) is 5.56. The van der Waals surface area contributed by atoms with Crippen molar-refractivity contribution in [2.24, 2.45) is 0 Å². The first-order chi connectivity index (χ1) is 8.17. The van der Waals surface area contributed by atoms with E-state index in [1.807, 2.05) is 0 Å². The Hall–Kier alpha value is -1.88. The summed E-state index contributed by atoms with van der Waals surface area (Å²) in [6, 6.07) is 7.06. The molecule has 0 fully saturated rings. The van der Waals surface area contributed by atoms with E-state index >= 15 is 0 Å². The summed E-state index contributed by atoms with van der Waals surface area (Å²) >= 11 is 5.06. The number of benzene rings is 1. The summed E-state index contributed by atoms with van der Waals surface area (Å²) in [5, 5.41) is 9.04. The Labute approximate surface area is 106 Å². The number of hydrogen-bond donors (Lipinski definition) is 3. The molecule has 0 saturated carbocycles. The molecule has 3 N–H and O–H groups in total. The summed E-state index contributed by atoms with van der Waals surface area (Å²) in [6.07, 6.45) is 1.72. The molecule has 0 radical (unpaired) electrons. The molecule has 0 aliphatic heterocycles. The zero-order valence-electron chi connectivity index (χ0n) is 9.62. The second-order valence-electron chi connectivity index (χ2n) is 3.28. The molecule has 1 rings (SSSR count). The van der Waals surface area contributed by atoms with Crippen LogP contribution in [0.2, 0.25) is 0 Å². The lowest BCUT2D eigenvalue weighted by Gasteiger charge is -2.09. The maximum absolute atomic E-state index is 11.3. The molecule has 0 unspecified atom stereocenters. The third kappa shape index (κ3) is 4.24. The van der Waals surface area contributed by atoms with Gasteiger partial charge in [-0.05, 0) is 36.5 Å². The van der Waals surface area contributed by atoms with Gasteiger partial charge in [0, 0.05) is 24.8 Å². The summed E-state index contributed by atoms with van der Waals surface area (Å²) < 4.78 is 0. The number of carbonyl (C=O) groups is 1. The number of nitrogens with one attached hydrogen (secondary N) is 3. The highest BCUT2D eigenvalue weighted by Crippen LogP contribution is 2.09. The average molecular weight is 249 g/mol. The van der Waals surface area contributed by atoms with Gasteiger partial charge < -0.3 is 16.0 Å². The number of carbonyl (C=O) groups excluding carboxylic acids is 1. The molecule has 90 valence electrons. The van der Waals surface area contributed by atoms with Gasteiger partial charge in [0.15, 0.2) is 5.11 Å². The number of hydrogen-bond acceptors (Lipinski definition) is 2. The van der Waals surface area contributed by atoms with Crippen LogP contribution in [0.5, 0.6) is 0 Å². The van der Waals surface area contributed by atoms with Gasteiger partial charge in [0.05, 0.1) is 0 Å². The summed E-state index contributed by atoms with van der Waals surface area (Å²) in [7, 11) is 1.60. The van der Waals surface area contributed by atoms with E-state index in [9.17, 15) is 4.79 Å². The normalized spacial score (nSPS) is 9.24. The van der Waals surface area contributed by atoms with Gasteiger partial charge in [0.25, 0.3) is 5.91 Å². The van der Waals surface area contributed by atoms with Gasteiger partial charge in [-0.15, -0.1) is 6.58 Å².